The summed E-state index contributed by atoms with van der Waals surface area (Å²) in [5.74, 6) is -0.334. The van der Waals surface area contributed by atoms with E-state index in [4.69, 9.17) is 0 Å². The summed E-state index contributed by atoms with van der Waals surface area (Å²) < 4.78 is 27.1. The zero-order chi connectivity index (χ0) is 12.3. The molecule has 0 saturated carbocycles. The number of benzene rings is 1. The van der Waals surface area contributed by atoms with Crippen molar-refractivity contribution in [3.63, 3.8) is 0 Å². The monoisotopic (exact) mass is 315 g/mol. The summed E-state index contributed by atoms with van der Waals surface area (Å²) >= 11 is 4.51. The molecule has 0 radical (unpaired) electrons. The van der Waals surface area contributed by atoms with Crippen LogP contribution in [-0.4, -0.2) is 4.98 Å². The Balaban J connectivity index is 2.07. The van der Waals surface area contributed by atoms with Gasteiger partial charge >= 0.3 is 0 Å². The maximum atomic E-state index is 13.3. The van der Waals surface area contributed by atoms with E-state index >= 15 is 0 Å². The molecule has 0 bridgehead atoms. The number of rotatable bonds is 3. The van der Waals surface area contributed by atoms with Crippen LogP contribution in [0.15, 0.2) is 45.9 Å². The lowest BCUT2D eigenvalue weighted by atomic mass is 10.3. The first-order chi connectivity index (χ1) is 8.15. The summed E-state index contributed by atoms with van der Waals surface area (Å²) in [4.78, 5) is 4.46. The number of nitrogens with zero attached hydrogens (tertiary/aromatic N) is 1. The van der Waals surface area contributed by atoms with E-state index in [1.165, 1.54) is 17.8 Å². The van der Waals surface area contributed by atoms with Gasteiger partial charge in [0.15, 0.2) is 0 Å². The Bertz CT molecular complexity index is 516. The number of thioether (sulfide) groups is 1. The van der Waals surface area contributed by atoms with E-state index in [1.807, 2.05) is 12.1 Å². The third kappa shape index (κ3) is 3.51. The zero-order valence-corrected chi connectivity index (χ0v) is 11.1. The summed E-state index contributed by atoms with van der Waals surface area (Å²) in [6, 6.07) is 7.14. The van der Waals surface area contributed by atoms with Crippen LogP contribution in [0.5, 0.6) is 0 Å². The highest BCUT2D eigenvalue weighted by molar-refractivity contribution is 9.10. The Morgan fingerprint density at radius 3 is 2.71 bits per heavy atom. The molecule has 1 aromatic carbocycles. The third-order valence-corrected chi connectivity index (χ3v) is 3.59. The number of hydrogen-bond donors (Lipinski definition) is 0. The van der Waals surface area contributed by atoms with Crippen LogP contribution in [-0.2, 0) is 5.75 Å². The number of hydrogen-bond acceptors (Lipinski definition) is 2. The average molecular weight is 316 g/mol. The van der Waals surface area contributed by atoms with Crippen LogP contribution >= 0.6 is 27.7 Å². The molecule has 88 valence electrons. The van der Waals surface area contributed by atoms with Crippen LogP contribution in [0.2, 0.25) is 0 Å². The highest BCUT2D eigenvalue weighted by atomic mass is 79.9. The zero-order valence-electron chi connectivity index (χ0n) is 8.66. The van der Waals surface area contributed by atoms with E-state index in [-0.39, 0.29) is 0 Å². The van der Waals surface area contributed by atoms with Gasteiger partial charge in [-0.1, -0.05) is 0 Å². The molecular weight excluding hydrogens is 308 g/mol. The predicted molar refractivity (Wildman–Crippen MR) is 67.9 cm³/mol. The molecule has 2 rings (SSSR count). The fourth-order valence-corrected chi connectivity index (χ4v) is 2.34. The van der Waals surface area contributed by atoms with Gasteiger partial charge in [0.05, 0.1) is 5.69 Å². The lowest BCUT2D eigenvalue weighted by Crippen LogP contribution is -1.88. The van der Waals surface area contributed by atoms with Gasteiger partial charge in [-0.2, -0.15) is 0 Å². The molecule has 1 aromatic heterocycles. The first kappa shape index (κ1) is 12.5. The Kier molecular flexibility index (Phi) is 4.12. The van der Waals surface area contributed by atoms with Gasteiger partial charge in [0, 0.05) is 21.3 Å². The average Bonchev–Trinajstić information content (AvgIpc) is 2.32. The standard InChI is InChI=1S/C12H8BrF2NS/c13-8-1-3-10(16-6-8)7-17-12-5-9(14)2-4-11(12)15/h1-6H,7H2. The molecule has 0 saturated heterocycles. The van der Waals surface area contributed by atoms with Crippen molar-refractivity contribution in [3.8, 4) is 0 Å². The van der Waals surface area contributed by atoms with Crippen molar-refractivity contribution < 1.29 is 8.78 Å². The molecular formula is C12H8BrF2NS. The molecule has 0 atom stereocenters. The minimum atomic E-state index is -0.433. The van der Waals surface area contributed by atoms with Gasteiger partial charge in [0.1, 0.15) is 11.6 Å². The molecule has 0 unspecified atom stereocenters. The number of aromatic nitrogens is 1. The first-order valence-corrected chi connectivity index (χ1v) is 6.61. The van der Waals surface area contributed by atoms with Gasteiger partial charge in [0.25, 0.3) is 0 Å². The van der Waals surface area contributed by atoms with Crippen LogP contribution in [0.3, 0.4) is 0 Å². The minimum Gasteiger partial charge on any atom is -0.259 e. The Morgan fingerprint density at radius 1 is 1.18 bits per heavy atom. The van der Waals surface area contributed by atoms with Crippen LogP contribution in [0.25, 0.3) is 0 Å². The Morgan fingerprint density at radius 2 is 2.00 bits per heavy atom. The van der Waals surface area contributed by atoms with E-state index in [0.717, 1.165) is 22.3 Å². The Labute approximate surface area is 110 Å². The van der Waals surface area contributed by atoms with Crippen molar-refractivity contribution in [2.24, 2.45) is 0 Å². The quantitative estimate of drug-likeness (QED) is 0.778. The van der Waals surface area contributed by atoms with Crippen molar-refractivity contribution in [1.29, 1.82) is 0 Å². The van der Waals surface area contributed by atoms with Gasteiger partial charge in [0.2, 0.25) is 0 Å². The van der Waals surface area contributed by atoms with E-state index in [0.29, 0.717) is 10.6 Å². The van der Waals surface area contributed by atoms with Crippen molar-refractivity contribution in [2.45, 2.75) is 10.6 Å². The fourth-order valence-electron chi connectivity index (χ4n) is 1.23. The molecule has 0 N–H and O–H groups in total. The van der Waals surface area contributed by atoms with Crippen LogP contribution < -0.4 is 0 Å². The maximum absolute atomic E-state index is 13.3. The van der Waals surface area contributed by atoms with Gasteiger partial charge in [-0.05, 0) is 46.3 Å². The third-order valence-electron chi connectivity index (χ3n) is 2.06. The first-order valence-electron chi connectivity index (χ1n) is 4.83. The number of pyridine rings is 1. The molecule has 5 heteroatoms. The molecule has 17 heavy (non-hydrogen) atoms. The normalized spacial score (nSPS) is 10.5. The second-order valence-corrected chi connectivity index (χ2v) is 5.26. The fraction of sp³-hybridized carbons (Fsp3) is 0.0833. The van der Waals surface area contributed by atoms with Crippen molar-refractivity contribution in [1.82, 2.24) is 4.98 Å². The van der Waals surface area contributed by atoms with Crippen molar-refractivity contribution in [2.75, 3.05) is 0 Å². The van der Waals surface area contributed by atoms with E-state index in [1.54, 1.807) is 6.20 Å². The topological polar surface area (TPSA) is 12.9 Å². The molecule has 0 aliphatic carbocycles. The molecule has 0 amide bonds. The summed E-state index contributed by atoms with van der Waals surface area (Å²) in [7, 11) is 0. The van der Waals surface area contributed by atoms with E-state index in [2.05, 4.69) is 20.9 Å². The van der Waals surface area contributed by atoms with Gasteiger partial charge in [-0.3, -0.25) is 4.98 Å². The lowest BCUT2D eigenvalue weighted by Gasteiger charge is -2.03. The van der Waals surface area contributed by atoms with Gasteiger partial charge < -0.3 is 0 Å². The highest BCUT2D eigenvalue weighted by Crippen LogP contribution is 2.25. The Hall–Kier alpha value is -0.940. The second kappa shape index (κ2) is 5.60. The molecule has 0 aliphatic heterocycles. The molecule has 1 nitrogen and oxygen atoms in total. The largest absolute Gasteiger partial charge is 0.259 e. The van der Waals surface area contributed by atoms with Crippen molar-refractivity contribution >= 4 is 27.7 Å². The van der Waals surface area contributed by atoms with Crippen LogP contribution in [0, 0.1) is 11.6 Å². The summed E-state index contributed by atoms with van der Waals surface area (Å²) in [5, 5.41) is 0. The smallest absolute Gasteiger partial charge is 0.136 e. The molecule has 0 aliphatic rings. The lowest BCUT2D eigenvalue weighted by molar-refractivity contribution is 0.577. The summed E-state index contributed by atoms with van der Waals surface area (Å²) in [6.07, 6.45) is 1.68. The molecule has 2 aromatic rings. The summed E-state index contributed by atoms with van der Waals surface area (Å²) in [6.45, 7) is 0. The predicted octanol–water partition coefficient (Wildman–Crippen LogP) is 4.41. The molecule has 0 spiro atoms. The SMILES string of the molecule is Fc1ccc(F)c(SCc2ccc(Br)cn2)c1. The maximum Gasteiger partial charge on any atom is 0.136 e. The summed E-state index contributed by atoms with van der Waals surface area (Å²) in [5.41, 5.74) is 0.821. The van der Waals surface area contributed by atoms with Crippen LogP contribution in [0.1, 0.15) is 5.69 Å². The minimum absolute atomic E-state index is 0.301. The molecule has 0 fully saturated rings. The van der Waals surface area contributed by atoms with Gasteiger partial charge in [-0.15, -0.1) is 11.8 Å². The highest BCUT2D eigenvalue weighted by Gasteiger charge is 2.05. The second-order valence-electron chi connectivity index (χ2n) is 3.33. The van der Waals surface area contributed by atoms with Gasteiger partial charge in [-0.25, -0.2) is 8.78 Å². The van der Waals surface area contributed by atoms with E-state index in [9.17, 15) is 8.78 Å². The van der Waals surface area contributed by atoms with Crippen molar-refractivity contribution in [3.05, 3.63) is 58.3 Å². The number of halogens is 3. The molecule has 1 heterocycles. The van der Waals surface area contributed by atoms with E-state index < -0.39 is 11.6 Å². The van der Waals surface area contributed by atoms with Crippen LogP contribution in [0.4, 0.5) is 8.78 Å².